The third-order valence-corrected chi connectivity index (χ3v) is 4.63. The van der Waals surface area contributed by atoms with E-state index in [-0.39, 0.29) is 5.92 Å². The van der Waals surface area contributed by atoms with E-state index in [4.69, 9.17) is 16.0 Å². The van der Waals surface area contributed by atoms with Gasteiger partial charge in [0, 0.05) is 11.3 Å². The van der Waals surface area contributed by atoms with Gasteiger partial charge >= 0.3 is 0 Å². The lowest BCUT2D eigenvalue weighted by Gasteiger charge is -2.14. The number of fused-ring (bicyclic) bond motifs is 2. The first-order valence-electron chi connectivity index (χ1n) is 7.15. The Morgan fingerprint density at radius 3 is 2.43 bits per heavy atom. The maximum atomic E-state index is 10.6. The molecule has 0 bridgehead atoms. The first kappa shape index (κ1) is 12.9. The summed E-state index contributed by atoms with van der Waals surface area (Å²) in [4.78, 5) is 0. The Morgan fingerprint density at radius 2 is 1.76 bits per heavy atom. The highest BCUT2D eigenvalue weighted by Crippen LogP contribution is 2.38. The molecule has 0 saturated carbocycles. The van der Waals surface area contributed by atoms with Crippen LogP contribution in [-0.2, 0) is 12.8 Å². The van der Waals surface area contributed by atoms with Crippen LogP contribution in [-0.4, -0.2) is 5.11 Å². The van der Waals surface area contributed by atoms with Crippen LogP contribution in [0.15, 0.2) is 52.9 Å². The van der Waals surface area contributed by atoms with Crippen LogP contribution in [0.1, 0.15) is 23.0 Å². The van der Waals surface area contributed by atoms with Crippen molar-refractivity contribution in [2.75, 3.05) is 0 Å². The molecule has 0 saturated heterocycles. The highest BCUT2D eigenvalue weighted by atomic mass is 35.5. The largest absolute Gasteiger partial charge is 0.457 e. The van der Waals surface area contributed by atoms with E-state index in [2.05, 4.69) is 24.3 Å². The fourth-order valence-electron chi connectivity index (χ4n) is 3.24. The summed E-state index contributed by atoms with van der Waals surface area (Å²) < 4.78 is 5.79. The van der Waals surface area contributed by atoms with Gasteiger partial charge < -0.3 is 9.52 Å². The van der Waals surface area contributed by atoms with Gasteiger partial charge in [0.15, 0.2) is 5.58 Å². The zero-order valence-corrected chi connectivity index (χ0v) is 12.2. The van der Waals surface area contributed by atoms with Gasteiger partial charge in [-0.15, -0.1) is 0 Å². The first-order valence-corrected chi connectivity index (χ1v) is 7.53. The summed E-state index contributed by atoms with van der Waals surface area (Å²) in [5, 5.41) is 12.2. The molecule has 1 atom stereocenters. The van der Waals surface area contributed by atoms with E-state index in [1.807, 2.05) is 18.2 Å². The van der Waals surface area contributed by atoms with Gasteiger partial charge in [-0.25, -0.2) is 0 Å². The minimum absolute atomic E-state index is 0.168. The maximum absolute atomic E-state index is 10.6. The number of aliphatic hydroxyl groups is 1. The normalized spacial score (nSPS) is 16.3. The topological polar surface area (TPSA) is 33.4 Å². The molecule has 3 aromatic rings. The van der Waals surface area contributed by atoms with Crippen LogP contribution in [0.2, 0.25) is 5.02 Å². The van der Waals surface area contributed by atoms with E-state index in [1.165, 1.54) is 11.1 Å². The Morgan fingerprint density at radius 1 is 1.05 bits per heavy atom. The molecule has 0 aliphatic heterocycles. The molecular weight excluding hydrogens is 284 g/mol. The highest BCUT2D eigenvalue weighted by Gasteiger charge is 2.30. The number of benzene rings is 2. The van der Waals surface area contributed by atoms with Crippen molar-refractivity contribution >= 4 is 22.6 Å². The Bertz CT molecular complexity index is 781. The molecule has 3 heteroatoms. The van der Waals surface area contributed by atoms with Crippen molar-refractivity contribution in [2.45, 2.75) is 18.9 Å². The minimum atomic E-state index is -0.596. The molecule has 1 aromatic heterocycles. The second-order valence-corrected chi connectivity index (χ2v) is 6.10. The van der Waals surface area contributed by atoms with Crippen LogP contribution >= 0.6 is 11.6 Å². The molecule has 0 radical (unpaired) electrons. The van der Waals surface area contributed by atoms with Crippen molar-refractivity contribution in [1.82, 2.24) is 0 Å². The van der Waals surface area contributed by atoms with Crippen LogP contribution in [0.4, 0.5) is 0 Å². The van der Waals surface area contributed by atoms with Gasteiger partial charge in [-0.2, -0.15) is 0 Å². The Labute approximate surface area is 128 Å². The van der Waals surface area contributed by atoms with E-state index in [0.29, 0.717) is 16.4 Å². The average molecular weight is 299 g/mol. The van der Waals surface area contributed by atoms with E-state index in [0.717, 1.165) is 18.2 Å². The van der Waals surface area contributed by atoms with Crippen molar-refractivity contribution < 1.29 is 9.52 Å². The third-order valence-electron chi connectivity index (χ3n) is 4.34. The van der Waals surface area contributed by atoms with E-state index in [1.54, 1.807) is 6.07 Å². The summed E-state index contributed by atoms with van der Waals surface area (Å²) in [5.74, 6) is 0.776. The Balaban J connectivity index is 1.66. The second-order valence-electron chi connectivity index (χ2n) is 5.69. The summed E-state index contributed by atoms with van der Waals surface area (Å²) in [6.07, 6.45) is 1.19. The van der Waals surface area contributed by atoms with Gasteiger partial charge in [-0.3, -0.25) is 0 Å². The van der Waals surface area contributed by atoms with Crippen molar-refractivity contribution in [3.63, 3.8) is 0 Å². The van der Waals surface area contributed by atoms with Crippen LogP contribution in [0.25, 0.3) is 11.0 Å². The number of para-hydroxylation sites is 1. The van der Waals surface area contributed by atoms with Crippen LogP contribution in [0.3, 0.4) is 0 Å². The maximum Gasteiger partial charge on any atom is 0.152 e. The van der Waals surface area contributed by atoms with Crippen molar-refractivity contribution in [2.24, 2.45) is 5.92 Å². The molecule has 4 rings (SSSR count). The molecule has 0 fully saturated rings. The fourth-order valence-corrected chi connectivity index (χ4v) is 3.46. The number of rotatable bonds is 2. The zero-order chi connectivity index (χ0) is 14.4. The number of furan rings is 1. The smallest absolute Gasteiger partial charge is 0.152 e. The lowest BCUT2D eigenvalue weighted by atomic mass is 9.97. The predicted octanol–water partition coefficient (Wildman–Crippen LogP) is 4.53. The summed E-state index contributed by atoms with van der Waals surface area (Å²) >= 11 is 6.13. The molecule has 0 amide bonds. The SMILES string of the molecule is OC(c1cc2cccc(Cl)c2o1)C1Cc2ccccc2C1. The van der Waals surface area contributed by atoms with Gasteiger partial charge in [0.25, 0.3) is 0 Å². The number of hydrogen-bond donors (Lipinski definition) is 1. The molecule has 0 spiro atoms. The predicted molar refractivity (Wildman–Crippen MR) is 83.5 cm³/mol. The van der Waals surface area contributed by atoms with Gasteiger partial charge in [0.1, 0.15) is 11.9 Å². The van der Waals surface area contributed by atoms with Gasteiger partial charge in [-0.1, -0.05) is 48.0 Å². The Kier molecular flexibility index (Phi) is 3.02. The molecule has 1 aliphatic rings. The van der Waals surface area contributed by atoms with E-state index < -0.39 is 6.10 Å². The van der Waals surface area contributed by atoms with E-state index in [9.17, 15) is 5.11 Å². The molecule has 21 heavy (non-hydrogen) atoms. The van der Waals surface area contributed by atoms with Crippen LogP contribution < -0.4 is 0 Å². The molecule has 1 heterocycles. The molecule has 106 valence electrons. The molecule has 2 aromatic carbocycles. The van der Waals surface area contributed by atoms with Crippen molar-refractivity contribution in [1.29, 1.82) is 0 Å². The Hall–Kier alpha value is -1.77. The molecule has 1 N–H and O–H groups in total. The standard InChI is InChI=1S/C18H15ClO2/c19-15-7-3-6-13-10-16(21-18(13)15)17(20)14-8-11-4-1-2-5-12(11)9-14/h1-7,10,14,17,20H,8-9H2. The third kappa shape index (κ3) is 2.15. The van der Waals surface area contributed by atoms with Gasteiger partial charge in [-0.05, 0) is 36.1 Å². The molecule has 1 unspecified atom stereocenters. The van der Waals surface area contributed by atoms with Gasteiger partial charge in [0.2, 0.25) is 0 Å². The highest BCUT2D eigenvalue weighted by molar-refractivity contribution is 6.34. The lowest BCUT2D eigenvalue weighted by Crippen LogP contribution is -2.12. The average Bonchev–Trinajstić information content (AvgIpc) is 3.11. The second kappa shape index (κ2) is 4.90. The van der Waals surface area contributed by atoms with Gasteiger partial charge in [0.05, 0.1) is 5.02 Å². The lowest BCUT2D eigenvalue weighted by molar-refractivity contribution is 0.0921. The molecule has 2 nitrogen and oxygen atoms in total. The molecular formula is C18H15ClO2. The summed E-state index contributed by atoms with van der Waals surface area (Å²) in [5.41, 5.74) is 3.31. The quantitative estimate of drug-likeness (QED) is 0.754. The number of aliphatic hydroxyl groups excluding tert-OH is 1. The first-order chi connectivity index (χ1) is 10.2. The summed E-state index contributed by atoms with van der Waals surface area (Å²) in [7, 11) is 0. The number of halogens is 1. The summed E-state index contributed by atoms with van der Waals surface area (Å²) in [6.45, 7) is 0. The number of hydrogen-bond acceptors (Lipinski definition) is 2. The van der Waals surface area contributed by atoms with Crippen molar-refractivity contribution in [3.8, 4) is 0 Å². The minimum Gasteiger partial charge on any atom is -0.457 e. The summed E-state index contributed by atoms with van der Waals surface area (Å²) in [6, 6.07) is 15.9. The van der Waals surface area contributed by atoms with E-state index >= 15 is 0 Å². The molecule has 1 aliphatic carbocycles. The van der Waals surface area contributed by atoms with Crippen LogP contribution in [0, 0.1) is 5.92 Å². The fraction of sp³-hybridized carbons (Fsp3) is 0.222. The van der Waals surface area contributed by atoms with Crippen LogP contribution in [0.5, 0.6) is 0 Å². The monoisotopic (exact) mass is 298 g/mol. The van der Waals surface area contributed by atoms with Crippen molar-refractivity contribution in [3.05, 3.63) is 70.4 Å². The zero-order valence-electron chi connectivity index (χ0n) is 11.4.